The van der Waals surface area contributed by atoms with Gasteiger partial charge < -0.3 is 15.5 Å². The summed E-state index contributed by atoms with van der Waals surface area (Å²) in [5.41, 5.74) is 6.92. The van der Waals surface area contributed by atoms with Crippen LogP contribution in [0.15, 0.2) is 52.6 Å². The van der Waals surface area contributed by atoms with Gasteiger partial charge in [0.05, 0.1) is 11.3 Å². The van der Waals surface area contributed by atoms with E-state index >= 15 is 0 Å². The second-order valence-electron chi connectivity index (χ2n) is 6.07. The zero-order valence-corrected chi connectivity index (χ0v) is 14.9. The second-order valence-corrected chi connectivity index (χ2v) is 7.82. The summed E-state index contributed by atoms with van der Waals surface area (Å²) >= 11 is 0. The third kappa shape index (κ3) is 3.83. The number of amides is 2. The van der Waals surface area contributed by atoms with E-state index in [0.717, 1.165) is 5.56 Å². The number of carbonyl (C=O) groups is 2. The number of sulfonamides is 1. The number of likely N-dealkylation sites (N-methyl/N-ethyl adjacent to an activating group) is 1. The van der Waals surface area contributed by atoms with Gasteiger partial charge in [-0.05, 0) is 29.8 Å². The van der Waals surface area contributed by atoms with Gasteiger partial charge in [-0.1, -0.05) is 12.1 Å². The number of nitrogens with two attached hydrogens (primary N) is 1. The lowest BCUT2D eigenvalue weighted by atomic mass is 10.1. The molecule has 1 aromatic carbocycles. The molecule has 0 aliphatic carbocycles. The standard InChI is InChI=1S/C17H18N4O4S/c1-20(10-12-2-4-13(5-3-12)16(18)22)17(23)14-6-7-15-19-26(24,25)9-8-21(15)11-14/h2-7,11H,8-10H2,1H3,(H2,18,22). The summed E-state index contributed by atoms with van der Waals surface area (Å²) in [5.74, 6) is -0.464. The minimum atomic E-state index is -3.42. The van der Waals surface area contributed by atoms with Crippen molar-refractivity contribution in [2.24, 2.45) is 10.1 Å². The third-order valence-corrected chi connectivity index (χ3v) is 5.24. The van der Waals surface area contributed by atoms with E-state index in [1.807, 2.05) is 0 Å². The predicted octanol–water partition coefficient (Wildman–Crippen LogP) is 0.242. The Morgan fingerprint density at radius 3 is 2.58 bits per heavy atom. The lowest BCUT2D eigenvalue weighted by molar-refractivity contribution is -0.126. The molecule has 0 fully saturated rings. The number of hydrogen-bond acceptors (Lipinski definition) is 5. The molecule has 9 heteroatoms. The summed E-state index contributed by atoms with van der Waals surface area (Å²) in [6.07, 6.45) is 4.70. The van der Waals surface area contributed by atoms with Gasteiger partial charge in [0.15, 0.2) is 0 Å². The van der Waals surface area contributed by atoms with Crippen molar-refractivity contribution >= 4 is 27.7 Å². The first-order valence-corrected chi connectivity index (χ1v) is 9.49. The fraction of sp³-hybridized carbons (Fsp3) is 0.235. The molecule has 0 spiro atoms. The average molecular weight is 374 g/mol. The van der Waals surface area contributed by atoms with Crippen LogP contribution in [0.3, 0.4) is 0 Å². The summed E-state index contributed by atoms with van der Waals surface area (Å²) in [6.45, 7) is 0.624. The maximum absolute atomic E-state index is 12.6. The minimum absolute atomic E-state index is 0.0790. The number of primary amides is 1. The van der Waals surface area contributed by atoms with Crippen LogP contribution in [0, 0.1) is 0 Å². The van der Waals surface area contributed by atoms with Gasteiger partial charge in [-0.3, -0.25) is 9.59 Å². The van der Waals surface area contributed by atoms with Crippen LogP contribution in [0.25, 0.3) is 0 Å². The van der Waals surface area contributed by atoms with Crippen LogP contribution in [0.5, 0.6) is 0 Å². The molecule has 3 rings (SSSR count). The SMILES string of the molecule is CN(Cc1ccc(C(N)=O)cc1)C(=O)C1=CN2CCS(=O)(=O)N=C2C=C1. The van der Waals surface area contributed by atoms with Crippen molar-refractivity contribution in [3.63, 3.8) is 0 Å². The Kier molecular flexibility index (Phi) is 4.64. The zero-order chi connectivity index (χ0) is 18.9. The molecule has 1 aromatic rings. The van der Waals surface area contributed by atoms with E-state index in [2.05, 4.69) is 4.40 Å². The molecule has 2 aliphatic rings. The summed E-state index contributed by atoms with van der Waals surface area (Å²) in [5, 5.41) is 0. The van der Waals surface area contributed by atoms with E-state index in [9.17, 15) is 18.0 Å². The highest BCUT2D eigenvalue weighted by atomic mass is 32.2. The van der Waals surface area contributed by atoms with Gasteiger partial charge in [-0.25, -0.2) is 8.42 Å². The number of benzene rings is 1. The summed E-state index contributed by atoms with van der Waals surface area (Å²) in [6, 6.07) is 6.73. The first-order chi connectivity index (χ1) is 12.2. The quantitative estimate of drug-likeness (QED) is 0.811. The molecule has 0 saturated heterocycles. The van der Waals surface area contributed by atoms with Gasteiger partial charge in [0.2, 0.25) is 5.91 Å². The summed E-state index contributed by atoms with van der Waals surface area (Å²) < 4.78 is 26.7. The average Bonchev–Trinajstić information content (AvgIpc) is 2.60. The lowest BCUT2D eigenvalue weighted by Gasteiger charge is -2.28. The van der Waals surface area contributed by atoms with E-state index < -0.39 is 15.9 Å². The predicted molar refractivity (Wildman–Crippen MR) is 96.6 cm³/mol. The van der Waals surface area contributed by atoms with Gasteiger partial charge in [-0.2, -0.15) is 0 Å². The van der Waals surface area contributed by atoms with Crippen LogP contribution in [0.1, 0.15) is 15.9 Å². The molecule has 0 atom stereocenters. The minimum Gasteiger partial charge on any atom is -0.366 e. The monoisotopic (exact) mass is 374 g/mol. The van der Waals surface area contributed by atoms with Crippen LogP contribution in [-0.4, -0.2) is 55.2 Å². The Balaban J connectivity index is 1.70. The van der Waals surface area contributed by atoms with Gasteiger partial charge in [0, 0.05) is 31.9 Å². The Labute approximate surface area is 151 Å². The molecule has 8 nitrogen and oxygen atoms in total. The zero-order valence-electron chi connectivity index (χ0n) is 14.1. The Bertz CT molecular complexity index is 945. The number of nitrogens with zero attached hydrogens (tertiary/aromatic N) is 3. The van der Waals surface area contributed by atoms with Crippen molar-refractivity contribution in [2.45, 2.75) is 6.54 Å². The largest absolute Gasteiger partial charge is 0.366 e. The van der Waals surface area contributed by atoms with Crippen molar-refractivity contribution in [1.29, 1.82) is 0 Å². The Hall–Kier alpha value is -2.94. The topological polar surface area (TPSA) is 113 Å². The molecular weight excluding hydrogens is 356 g/mol. The van der Waals surface area contributed by atoms with Crippen LogP contribution in [0.4, 0.5) is 0 Å². The first-order valence-electron chi connectivity index (χ1n) is 7.88. The highest BCUT2D eigenvalue weighted by Gasteiger charge is 2.25. The molecule has 2 amide bonds. The first kappa shape index (κ1) is 17.9. The molecule has 0 aromatic heterocycles. The Morgan fingerprint density at radius 1 is 1.23 bits per heavy atom. The molecule has 2 heterocycles. The summed E-state index contributed by atoms with van der Waals surface area (Å²) in [4.78, 5) is 26.9. The maximum atomic E-state index is 12.6. The summed E-state index contributed by atoms with van der Waals surface area (Å²) in [7, 11) is -1.75. The molecule has 0 bridgehead atoms. The molecule has 26 heavy (non-hydrogen) atoms. The van der Waals surface area contributed by atoms with Crippen LogP contribution in [-0.2, 0) is 21.4 Å². The normalized spacial score (nSPS) is 17.8. The molecule has 136 valence electrons. The van der Waals surface area contributed by atoms with Crippen LogP contribution < -0.4 is 5.73 Å². The van der Waals surface area contributed by atoms with E-state index in [1.54, 1.807) is 48.5 Å². The van der Waals surface area contributed by atoms with Crippen molar-refractivity contribution in [3.8, 4) is 0 Å². The van der Waals surface area contributed by atoms with Crippen molar-refractivity contribution in [2.75, 3.05) is 19.3 Å². The smallest absolute Gasteiger partial charge is 0.256 e. The molecule has 2 aliphatic heterocycles. The van der Waals surface area contributed by atoms with E-state index in [0.29, 0.717) is 23.5 Å². The Morgan fingerprint density at radius 2 is 1.92 bits per heavy atom. The fourth-order valence-corrected chi connectivity index (χ4v) is 3.64. The molecule has 0 radical (unpaired) electrons. The number of fused-ring (bicyclic) bond motifs is 1. The fourth-order valence-electron chi connectivity index (χ4n) is 2.67. The highest BCUT2D eigenvalue weighted by Crippen LogP contribution is 2.18. The molecule has 2 N–H and O–H groups in total. The third-order valence-electron chi connectivity index (χ3n) is 4.08. The highest BCUT2D eigenvalue weighted by molar-refractivity contribution is 7.90. The van der Waals surface area contributed by atoms with Gasteiger partial charge in [0.25, 0.3) is 15.9 Å². The number of carbonyl (C=O) groups excluding carboxylic acids is 2. The van der Waals surface area contributed by atoms with Gasteiger partial charge >= 0.3 is 0 Å². The van der Waals surface area contributed by atoms with E-state index in [4.69, 9.17) is 5.73 Å². The second kappa shape index (κ2) is 6.75. The number of hydrogen-bond donors (Lipinski definition) is 1. The lowest BCUT2D eigenvalue weighted by Crippen LogP contribution is -2.38. The number of rotatable bonds is 4. The van der Waals surface area contributed by atoms with Crippen molar-refractivity contribution in [1.82, 2.24) is 9.80 Å². The van der Waals surface area contributed by atoms with Gasteiger partial charge in [0.1, 0.15) is 5.84 Å². The molecule has 0 saturated carbocycles. The van der Waals surface area contributed by atoms with E-state index in [-0.39, 0.29) is 18.2 Å². The van der Waals surface area contributed by atoms with Crippen molar-refractivity contribution < 1.29 is 18.0 Å². The van der Waals surface area contributed by atoms with E-state index in [1.165, 1.54) is 11.0 Å². The maximum Gasteiger partial charge on any atom is 0.256 e. The van der Waals surface area contributed by atoms with Crippen LogP contribution >= 0.6 is 0 Å². The molecular formula is C17H18N4O4S. The number of amidine groups is 1. The molecule has 0 unspecified atom stereocenters. The van der Waals surface area contributed by atoms with Crippen LogP contribution in [0.2, 0.25) is 0 Å². The van der Waals surface area contributed by atoms with Gasteiger partial charge in [-0.15, -0.1) is 4.40 Å². The van der Waals surface area contributed by atoms with Crippen molar-refractivity contribution in [3.05, 3.63) is 59.3 Å².